The van der Waals surface area contributed by atoms with Crippen LogP contribution in [0.1, 0.15) is 149 Å². The lowest BCUT2D eigenvalue weighted by atomic mass is 10.0. The van der Waals surface area contributed by atoms with Gasteiger partial charge in [0, 0.05) is 5.75 Å². The molecule has 0 N–H and O–H groups in total. The monoisotopic (exact) mass is 640 g/mol. The highest BCUT2D eigenvalue weighted by atomic mass is 32.2. The first-order valence-corrected chi connectivity index (χ1v) is 18.9. The second-order valence-electron chi connectivity index (χ2n) is 12.4. The Hall–Kier alpha value is -1.54. The second kappa shape index (κ2) is 31.4. The fourth-order valence-corrected chi connectivity index (χ4v) is 5.74. The molecule has 0 aromatic carbocycles. The molecule has 0 atom stereocenters. The van der Waals surface area contributed by atoms with Gasteiger partial charge in [0.05, 0.1) is 0 Å². The zero-order valence-electron chi connectivity index (χ0n) is 29.3. The van der Waals surface area contributed by atoms with Crippen molar-refractivity contribution in [2.24, 2.45) is 0 Å². The van der Waals surface area contributed by atoms with Gasteiger partial charge in [0.25, 0.3) is 5.24 Å². The third-order valence-corrected chi connectivity index (χ3v) is 8.66. The van der Waals surface area contributed by atoms with Crippen LogP contribution in [-0.4, -0.2) is 79.2 Å². The molecule has 0 spiro atoms. The summed E-state index contributed by atoms with van der Waals surface area (Å²) in [6, 6.07) is 0. The van der Waals surface area contributed by atoms with Gasteiger partial charge < -0.3 is 19.3 Å². The number of ether oxygens (including phenoxy) is 2. The smallest absolute Gasteiger partial charge is 0.326 e. The Bertz CT molecular complexity index is 715. The molecule has 0 saturated carbocycles. The molecule has 44 heavy (non-hydrogen) atoms. The van der Waals surface area contributed by atoms with Gasteiger partial charge in [-0.25, -0.2) is 0 Å². The number of thioether (sulfide) groups is 1. The molecule has 0 unspecified atom stereocenters. The Morgan fingerprint density at radius 2 is 1.18 bits per heavy atom. The minimum absolute atomic E-state index is 0.140. The molecule has 0 aliphatic carbocycles. The first-order chi connectivity index (χ1) is 21.3. The molecule has 0 aliphatic heterocycles. The van der Waals surface area contributed by atoms with Gasteiger partial charge in [-0.2, -0.15) is 0 Å². The first-order valence-electron chi connectivity index (χ1n) is 17.9. The minimum Gasteiger partial charge on any atom is -0.461 e. The Balaban J connectivity index is 5.05. The van der Waals surface area contributed by atoms with Crippen LogP contribution < -0.4 is 0 Å². The van der Waals surface area contributed by atoms with Crippen LogP contribution in [0.2, 0.25) is 0 Å². The van der Waals surface area contributed by atoms with E-state index >= 15 is 0 Å². The van der Waals surface area contributed by atoms with Gasteiger partial charge in [-0.1, -0.05) is 128 Å². The summed E-state index contributed by atoms with van der Waals surface area (Å²) in [5.41, 5.74) is 0. The van der Waals surface area contributed by atoms with E-state index in [4.69, 9.17) is 9.47 Å². The number of carbonyl (C=O) groups is 3. The van der Waals surface area contributed by atoms with Gasteiger partial charge in [-0.3, -0.25) is 14.4 Å². The standard InChI is InChI=1S/C36H68N2O5S/c1-6-9-12-15-18-21-24-29-42-34(39)31-38(36(41)44-30-25-28-37(4)5)32-35(40)43-33(26-22-19-16-13-10-7-2)27-23-20-17-14-11-8-3/h21,24,33H,6-20,22-23,25-32H2,1-5H3/b24-21-. The highest BCUT2D eigenvalue weighted by Gasteiger charge is 2.24. The predicted molar refractivity (Wildman–Crippen MR) is 187 cm³/mol. The number of allylic oxidation sites excluding steroid dienone is 1. The van der Waals surface area contributed by atoms with Crippen molar-refractivity contribution in [3.05, 3.63) is 12.2 Å². The average molecular weight is 641 g/mol. The summed E-state index contributed by atoms with van der Waals surface area (Å²) < 4.78 is 11.3. The summed E-state index contributed by atoms with van der Waals surface area (Å²) in [5.74, 6) is -0.322. The van der Waals surface area contributed by atoms with Crippen molar-refractivity contribution in [3.8, 4) is 0 Å². The van der Waals surface area contributed by atoms with Crippen molar-refractivity contribution >= 4 is 28.9 Å². The maximum Gasteiger partial charge on any atom is 0.326 e. The third kappa shape index (κ3) is 28.0. The Morgan fingerprint density at radius 3 is 1.75 bits per heavy atom. The fraction of sp³-hybridized carbons (Fsp3) is 0.861. The van der Waals surface area contributed by atoms with Crippen molar-refractivity contribution in [3.63, 3.8) is 0 Å². The molecule has 0 heterocycles. The van der Waals surface area contributed by atoms with Crippen LogP contribution in [0.25, 0.3) is 0 Å². The maximum absolute atomic E-state index is 13.1. The number of hydrogen-bond acceptors (Lipinski definition) is 7. The third-order valence-electron chi connectivity index (χ3n) is 7.66. The average Bonchev–Trinajstić information content (AvgIpc) is 2.99. The van der Waals surface area contributed by atoms with Crippen molar-refractivity contribution in [2.45, 2.75) is 155 Å². The van der Waals surface area contributed by atoms with Gasteiger partial charge in [-0.15, -0.1) is 0 Å². The summed E-state index contributed by atoms with van der Waals surface area (Å²) >= 11 is 1.15. The van der Waals surface area contributed by atoms with Crippen LogP contribution in [0.5, 0.6) is 0 Å². The number of esters is 2. The summed E-state index contributed by atoms with van der Waals surface area (Å²) in [6.45, 7) is 7.20. The molecule has 1 amide bonds. The van der Waals surface area contributed by atoms with E-state index < -0.39 is 11.9 Å². The second-order valence-corrected chi connectivity index (χ2v) is 13.4. The fourth-order valence-electron chi connectivity index (χ4n) is 4.98. The molecule has 0 saturated heterocycles. The molecule has 0 bridgehead atoms. The molecule has 7 nitrogen and oxygen atoms in total. The van der Waals surface area contributed by atoms with Gasteiger partial charge in [-0.05, 0) is 65.6 Å². The molecule has 0 rings (SSSR count). The van der Waals surface area contributed by atoms with E-state index in [1.807, 2.05) is 26.2 Å². The lowest BCUT2D eigenvalue weighted by Crippen LogP contribution is -2.39. The van der Waals surface area contributed by atoms with Gasteiger partial charge in [0.15, 0.2) is 0 Å². The molecule has 8 heteroatoms. The van der Waals surface area contributed by atoms with Gasteiger partial charge in [0.2, 0.25) is 0 Å². The molecular formula is C36H68N2O5S. The van der Waals surface area contributed by atoms with Gasteiger partial charge in [0.1, 0.15) is 25.8 Å². The van der Waals surface area contributed by atoms with E-state index in [0.717, 1.165) is 76.1 Å². The number of hydrogen-bond donors (Lipinski definition) is 0. The van der Waals surface area contributed by atoms with E-state index in [2.05, 4.69) is 25.7 Å². The first kappa shape index (κ1) is 42.5. The molecule has 0 radical (unpaired) electrons. The lowest BCUT2D eigenvalue weighted by molar-refractivity contribution is -0.151. The van der Waals surface area contributed by atoms with Crippen LogP contribution in [0.15, 0.2) is 12.2 Å². The highest BCUT2D eigenvalue weighted by Crippen LogP contribution is 2.18. The number of rotatable bonds is 30. The summed E-state index contributed by atoms with van der Waals surface area (Å²) in [5, 5.41) is -0.285. The lowest BCUT2D eigenvalue weighted by Gasteiger charge is -2.23. The Kier molecular flexibility index (Phi) is 30.3. The van der Waals surface area contributed by atoms with Gasteiger partial charge >= 0.3 is 11.9 Å². The quantitative estimate of drug-likeness (QED) is 0.0440. The van der Waals surface area contributed by atoms with Crippen molar-refractivity contribution < 1.29 is 23.9 Å². The van der Waals surface area contributed by atoms with Crippen LogP contribution in [0, 0.1) is 0 Å². The van der Waals surface area contributed by atoms with Crippen molar-refractivity contribution in [2.75, 3.05) is 46.1 Å². The Morgan fingerprint density at radius 1 is 0.659 bits per heavy atom. The summed E-state index contributed by atoms with van der Waals surface area (Å²) in [6.07, 6.45) is 26.4. The molecular weight excluding hydrogens is 572 g/mol. The predicted octanol–water partition coefficient (Wildman–Crippen LogP) is 9.58. The van der Waals surface area contributed by atoms with Crippen LogP contribution in [0.4, 0.5) is 4.79 Å². The number of nitrogens with zero attached hydrogens (tertiary/aromatic N) is 2. The number of unbranched alkanes of at least 4 members (excludes halogenated alkanes) is 14. The van der Waals surface area contributed by atoms with Crippen molar-refractivity contribution in [1.82, 2.24) is 9.80 Å². The molecule has 0 fully saturated rings. The van der Waals surface area contributed by atoms with Crippen LogP contribution in [0.3, 0.4) is 0 Å². The van der Waals surface area contributed by atoms with E-state index in [0.29, 0.717) is 5.75 Å². The van der Waals surface area contributed by atoms with Crippen LogP contribution in [-0.2, 0) is 19.1 Å². The van der Waals surface area contributed by atoms with Crippen molar-refractivity contribution in [1.29, 1.82) is 0 Å². The molecule has 0 aromatic heterocycles. The topological polar surface area (TPSA) is 76.1 Å². The Labute approximate surface area is 275 Å². The molecule has 0 aliphatic rings. The van der Waals surface area contributed by atoms with E-state index in [9.17, 15) is 14.4 Å². The van der Waals surface area contributed by atoms with E-state index in [-0.39, 0.29) is 31.0 Å². The maximum atomic E-state index is 13.1. The summed E-state index contributed by atoms with van der Waals surface area (Å²) in [4.78, 5) is 42.2. The zero-order chi connectivity index (χ0) is 32.7. The minimum atomic E-state index is -0.508. The summed E-state index contributed by atoms with van der Waals surface area (Å²) in [7, 11) is 3.99. The molecule has 0 aromatic rings. The highest BCUT2D eigenvalue weighted by molar-refractivity contribution is 8.13. The van der Waals surface area contributed by atoms with E-state index in [1.54, 1.807) is 0 Å². The largest absolute Gasteiger partial charge is 0.461 e. The molecule has 258 valence electrons. The van der Waals surface area contributed by atoms with E-state index in [1.165, 1.54) is 75.5 Å². The normalized spacial score (nSPS) is 11.5. The number of carbonyl (C=O) groups excluding carboxylic acids is 3. The van der Waals surface area contributed by atoms with Crippen LogP contribution >= 0.6 is 11.8 Å². The number of amides is 1. The zero-order valence-corrected chi connectivity index (χ0v) is 30.1. The SMILES string of the molecule is CCCCCC/C=C\COC(=O)CN(CC(=O)OC(CCCCCCCC)CCCCCCCC)C(=O)SCCCN(C)C.